The van der Waals surface area contributed by atoms with E-state index in [4.69, 9.17) is 4.42 Å². The fraction of sp³-hybridized carbons (Fsp3) is 0. The molecule has 140 heavy (non-hydrogen) atoms. The maximum atomic E-state index is 15.7. The monoisotopic (exact) mass is 1850 g/mol. The standard InChI is InChI=1S/C48H32NOP.C42H28NOP.C40H26NO2P/c50-51(40-18-8-3-9-19-40)46-23-13-11-20-41(46)42-28-29-45-47(48(42)51)43-21-10-12-22-44(43)49(45)39-26-24-35(25-27-39)38-31-36(33-14-4-1-5-15-33)30-37(32-38)34-16-6-2-7-17-34;44-45(34-16-5-2-6-17-34)40-21-10-8-18-35(40)36-26-27-39-41(42(36)45)37-19-7-9-20-38(37)43(39)33-24-22-30(23-25-33)32-15-11-14-31(28-32)29-12-3-1-4-13-29;42-44(30-13-5-2-6-14-30)38-18-10-8-15-31(38)32-23-24-35-39(40(32)44)33-16-7-9-17-34(33)41(35)29-21-19-28(20-22-29)37-26-25-36(43-37)27-11-3-1-4-12-27/h1-32H;1-28H;1-26H. The molecule has 4 aromatic heterocycles. The SMILES string of the molecule is O=P1(c2ccccc2)c2ccccc2-c2ccc3c(c21)c1ccccc1n3-c1ccc(-c2cc(-c3ccccc3)cc(-c3ccccc3)c2)cc1.O=P1(c2ccccc2)c2ccccc2-c2ccc3c(c21)c1ccccc1n3-c1ccc(-c2ccc(-c3ccccc3)o2)cc1.O=P1(c2ccccc2)c2ccccc2-c2ccc3c(c21)c1ccccc1n3-c1ccc(-c2cccc(-c3ccccc3)c2)cc1. The number of hydrogen-bond donors (Lipinski definition) is 0. The van der Waals surface area contributed by atoms with Gasteiger partial charge >= 0.3 is 0 Å². The Morgan fingerprint density at radius 1 is 0.164 bits per heavy atom. The maximum Gasteiger partial charge on any atom is 0.172 e. The van der Waals surface area contributed by atoms with E-state index in [0.717, 1.165) is 192 Å². The van der Waals surface area contributed by atoms with E-state index in [2.05, 4.69) is 372 Å². The molecular formula is C130H86N3O4P3. The van der Waals surface area contributed by atoms with Gasteiger partial charge in [-0.15, -0.1) is 0 Å². The first kappa shape index (κ1) is 83.6. The summed E-state index contributed by atoms with van der Waals surface area (Å²) in [6.07, 6.45) is 0. The van der Waals surface area contributed by atoms with Gasteiger partial charge in [-0.1, -0.05) is 400 Å². The third-order valence-corrected chi connectivity index (χ3v) is 38.0. The second-order valence-electron chi connectivity index (χ2n) is 36.2. The molecule has 7 nitrogen and oxygen atoms in total. The predicted molar refractivity (Wildman–Crippen MR) is 588 cm³/mol. The predicted octanol–water partition coefficient (Wildman–Crippen LogP) is 30.5. The zero-order valence-electron chi connectivity index (χ0n) is 76.0. The molecule has 0 radical (unpaired) electrons. The van der Waals surface area contributed by atoms with Crippen molar-refractivity contribution in [1.29, 1.82) is 0 Å². The molecule has 0 spiro atoms. The van der Waals surface area contributed by atoms with Crippen LogP contribution in [0.1, 0.15) is 0 Å². The Balaban J connectivity index is 0.000000108. The van der Waals surface area contributed by atoms with Crippen LogP contribution in [0.3, 0.4) is 0 Å². The molecule has 0 saturated carbocycles. The minimum atomic E-state index is -3.15. The zero-order valence-corrected chi connectivity index (χ0v) is 78.7. The van der Waals surface area contributed by atoms with E-state index < -0.39 is 21.4 Å². The number of hydrogen-bond acceptors (Lipinski definition) is 4. The molecule has 10 heteroatoms. The molecule has 0 saturated heterocycles. The van der Waals surface area contributed by atoms with Crippen molar-refractivity contribution in [3.05, 3.63) is 522 Å². The highest BCUT2D eigenvalue weighted by Gasteiger charge is 2.46. The summed E-state index contributed by atoms with van der Waals surface area (Å²) in [5.41, 5.74) is 30.0. The van der Waals surface area contributed by atoms with Crippen LogP contribution in [0.4, 0.5) is 0 Å². The Morgan fingerprint density at radius 3 is 0.729 bits per heavy atom. The van der Waals surface area contributed by atoms with Crippen LogP contribution in [0.15, 0.2) is 526 Å². The number of benzene rings is 21. The average Bonchev–Trinajstić information content (AvgIpc) is 1.53. The lowest BCUT2D eigenvalue weighted by Crippen LogP contribution is -2.21. The molecule has 3 atom stereocenters. The van der Waals surface area contributed by atoms with Gasteiger partial charge in [0.1, 0.15) is 11.5 Å². The van der Waals surface area contributed by atoms with Crippen molar-refractivity contribution in [1.82, 2.24) is 13.7 Å². The third kappa shape index (κ3) is 13.5. The first-order chi connectivity index (χ1) is 69.1. The summed E-state index contributed by atoms with van der Waals surface area (Å²) in [5, 5.41) is 14.8. The molecule has 0 N–H and O–H groups in total. The topological polar surface area (TPSA) is 79.1 Å². The molecule has 0 amide bonds. The Morgan fingerprint density at radius 2 is 0.400 bits per heavy atom. The summed E-state index contributed by atoms with van der Waals surface area (Å²) in [5.74, 6) is 1.68. The van der Waals surface area contributed by atoms with Gasteiger partial charge in [-0.3, -0.25) is 0 Å². The van der Waals surface area contributed by atoms with Crippen LogP contribution in [-0.2, 0) is 13.7 Å². The maximum absolute atomic E-state index is 15.7. The van der Waals surface area contributed by atoms with Crippen molar-refractivity contribution in [2.75, 3.05) is 0 Å². The number of nitrogens with zero attached hydrogens (tertiary/aromatic N) is 3. The summed E-state index contributed by atoms with van der Waals surface area (Å²) < 4.78 is 60.0. The molecule has 3 unspecified atom stereocenters. The van der Waals surface area contributed by atoms with Crippen LogP contribution < -0.4 is 47.7 Å². The Hall–Kier alpha value is -17.0. The molecule has 0 aliphatic carbocycles. The lowest BCUT2D eigenvalue weighted by Gasteiger charge is -2.17. The average molecular weight is 1850 g/mol. The van der Waals surface area contributed by atoms with Gasteiger partial charge in [0.2, 0.25) is 0 Å². The van der Waals surface area contributed by atoms with Gasteiger partial charge in [0.15, 0.2) is 21.4 Å². The molecule has 21 aromatic carbocycles. The van der Waals surface area contributed by atoms with Crippen molar-refractivity contribution >= 4 is 135 Å². The summed E-state index contributed by atoms with van der Waals surface area (Å²) in [6, 6.07) is 181. The molecule has 3 aliphatic rings. The van der Waals surface area contributed by atoms with E-state index in [1.807, 2.05) is 164 Å². The molecule has 0 bridgehead atoms. The smallest absolute Gasteiger partial charge is 0.172 e. The largest absolute Gasteiger partial charge is 0.456 e. The van der Waals surface area contributed by atoms with Gasteiger partial charge in [-0.2, -0.15) is 0 Å². The molecule has 660 valence electrons. The molecule has 7 heterocycles. The number of rotatable bonds is 13. The normalized spacial score (nSPS) is 15.2. The van der Waals surface area contributed by atoms with Crippen LogP contribution in [0.2, 0.25) is 0 Å². The highest BCUT2D eigenvalue weighted by Crippen LogP contribution is 2.59. The van der Waals surface area contributed by atoms with E-state index in [9.17, 15) is 0 Å². The van der Waals surface area contributed by atoms with Gasteiger partial charge in [0.05, 0.1) is 33.1 Å². The number of aromatic nitrogens is 3. The van der Waals surface area contributed by atoms with Crippen molar-refractivity contribution in [2.24, 2.45) is 0 Å². The van der Waals surface area contributed by atoms with Crippen LogP contribution in [0, 0.1) is 0 Å². The minimum absolute atomic E-state index is 0.831. The molecule has 3 aliphatic heterocycles. The van der Waals surface area contributed by atoms with Gasteiger partial charge in [0, 0.05) is 108 Å². The van der Waals surface area contributed by atoms with Crippen molar-refractivity contribution in [3.63, 3.8) is 0 Å². The van der Waals surface area contributed by atoms with Gasteiger partial charge in [0.25, 0.3) is 0 Å². The van der Waals surface area contributed by atoms with Crippen molar-refractivity contribution in [2.45, 2.75) is 0 Å². The molecule has 25 aromatic rings. The highest BCUT2D eigenvalue weighted by molar-refractivity contribution is 7.88. The lowest BCUT2D eigenvalue weighted by molar-refractivity contribution is 0.592. The summed E-state index contributed by atoms with van der Waals surface area (Å²) in [6.45, 7) is 0. The van der Waals surface area contributed by atoms with Crippen molar-refractivity contribution in [3.8, 4) is 129 Å². The second kappa shape index (κ2) is 34.1. The van der Waals surface area contributed by atoms with Gasteiger partial charge < -0.3 is 31.8 Å². The summed E-state index contributed by atoms with van der Waals surface area (Å²) in [7, 11) is -9.40. The first-order valence-corrected chi connectivity index (χ1v) is 52.6. The van der Waals surface area contributed by atoms with E-state index in [1.54, 1.807) is 0 Å². The fourth-order valence-electron chi connectivity index (χ4n) is 22.1. The van der Waals surface area contributed by atoms with E-state index in [-0.39, 0.29) is 0 Å². The Bertz CT molecular complexity index is 9300. The van der Waals surface area contributed by atoms with E-state index >= 15 is 13.7 Å². The van der Waals surface area contributed by atoms with E-state index in [0.29, 0.717) is 0 Å². The third-order valence-electron chi connectivity index (χ3n) is 28.4. The second-order valence-corrected chi connectivity index (χ2v) is 44.2. The quantitative estimate of drug-likeness (QED) is 0.108. The Kier molecular flexibility index (Phi) is 20.3. The molecule has 28 rings (SSSR count). The zero-order chi connectivity index (χ0) is 93.2. The van der Waals surface area contributed by atoms with Gasteiger partial charge in [-0.25, -0.2) is 0 Å². The first-order valence-electron chi connectivity index (χ1n) is 47.5. The lowest BCUT2D eigenvalue weighted by atomic mass is 9.93. The van der Waals surface area contributed by atoms with Crippen LogP contribution in [0.5, 0.6) is 0 Å². The van der Waals surface area contributed by atoms with E-state index in [1.165, 1.54) is 50.1 Å². The Labute approximate surface area is 810 Å². The number of fused-ring (bicyclic) bond motifs is 21. The van der Waals surface area contributed by atoms with Crippen LogP contribution >= 0.6 is 21.4 Å². The fourth-order valence-corrected chi connectivity index (χ4v) is 32.0. The van der Waals surface area contributed by atoms with Crippen LogP contribution in [-0.4, -0.2) is 13.7 Å². The number of para-hydroxylation sites is 3. The summed E-state index contributed by atoms with van der Waals surface area (Å²) in [4.78, 5) is 0. The molecular weight excluding hydrogens is 1760 g/mol. The van der Waals surface area contributed by atoms with Crippen molar-refractivity contribution < 1.29 is 18.1 Å². The van der Waals surface area contributed by atoms with Crippen LogP contribution in [0.25, 0.3) is 194 Å². The van der Waals surface area contributed by atoms with Gasteiger partial charge in [-0.05, 0) is 210 Å². The molecule has 0 fully saturated rings. The highest BCUT2D eigenvalue weighted by atomic mass is 31.2. The minimum Gasteiger partial charge on any atom is -0.456 e. The summed E-state index contributed by atoms with van der Waals surface area (Å²) >= 11 is 0. The number of furan rings is 1.